The summed E-state index contributed by atoms with van der Waals surface area (Å²) in [6.45, 7) is 5.71. The molecule has 0 aliphatic carbocycles. The normalized spacial score (nSPS) is 13.2. The van der Waals surface area contributed by atoms with E-state index < -0.39 is 0 Å². The van der Waals surface area contributed by atoms with Crippen molar-refractivity contribution in [1.82, 2.24) is 5.32 Å². The van der Waals surface area contributed by atoms with Crippen molar-refractivity contribution in [2.45, 2.75) is 32.9 Å². The van der Waals surface area contributed by atoms with E-state index in [-0.39, 0.29) is 12.7 Å². The molecule has 0 fully saturated rings. The molecule has 1 aromatic rings. The number of aryl methyl sites for hydroxylation is 1. The third kappa shape index (κ3) is 2.81. The fourth-order valence-corrected chi connectivity index (χ4v) is 1.60. The minimum Gasteiger partial charge on any atom is -0.306 e. The minimum absolute atomic E-state index is 0.170. The van der Waals surface area contributed by atoms with Crippen LogP contribution >= 0.6 is 0 Å². The van der Waals surface area contributed by atoms with Crippen LogP contribution in [0.4, 0.5) is 4.39 Å². The maximum Gasteiger partial charge on any atom is 0.109 e. The molecule has 1 atom stereocenters. The van der Waals surface area contributed by atoms with Crippen LogP contribution < -0.4 is 5.32 Å². The molecular formula is C12H18FN. The van der Waals surface area contributed by atoms with Crippen LogP contribution in [0.5, 0.6) is 0 Å². The first-order valence-electron chi connectivity index (χ1n) is 5.02. The van der Waals surface area contributed by atoms with Crippen molar-refractivity contribution in [3.63, 3.8) is 0 Å². The molecule has 1 nitrogen and oxygen atoms in total. The van der Waals surface area contributed by atoms with E-state index in [2.05, 4.69) is 5.32 Å². The third-order valence-electron chi connectivity index (χ3n) is 2.25. The highest BCUT2D eigenvalue weighted by molar-refractivity contribution is 5.28. The average molecular weight is 195 g/mol. The lowest BCUT2D eigenvalue weighted by atomic mass is 10.0. The highest BCUT2D eigenvalue weighted by atomic mass is 19.1. The van der Waals surface area contributed by atoms with Gasteiger partial charge in [-0.1, -0.05) is 38.1 Å². The molecule has 0 spiro atoms. The van der Waals surface area contributed by atoms with Crippen molar-refractivity contribution in [2.24, 2.45) is 0 Å². The van der Waals surface area contributed by atoms with Gasteiger partial charge in [0, 0.05) is 6.04 Å². The van der Waals surface area contributed by atoms with E-state index in [0.29, 0.717) is 6.04 Å². The highest BCUT2D eigenvalue weighted by Gasteiger charge is 2.13. The van der Waals surface area contributed by atoms with Crippen LogP contribution in [0.3, 0.4) is 0 Å². The smallest absolute Gasteiger partial charge is 0.109 e. The summed E-state index contributed by atoms with van der Waals surface area (Å²) in [6.07, 6.45) is 0. The zero-order chi connectivity index (χ0) is 10.6. The highest BCUT2D eigenvalue weighted by Crippen LogP contribution is 2.18. The second kappa shape index (κ2) is 5.11. The first kappa shape index (κ1) is 11.2. The molecule has 0 radical (unpaired) electrons. The molecule has 1 unspecified atom stereocenters. The van der Waals surface area contributed by atoms with Crippen LogP contribution in [0, 0.1) is 6.92 Å². The van der Waals surface area contributed by atoms with Gasteiger partial charge in [0.15, 0.2) is 0 Å². The number of halogens is 1. The molecule has 0 saturated heterocycles. The minimum atomic E-state index is -0.358. The number of hydrogen-bond acceptors (Lipinski definition) is 1. The Balaban J connectivity index is 2.83. The summed E-state index contributed by atoms with van der Waals surface area (Å²) in [5, 5.41) is 3.21. The van der Waals surface area contributed by atoms with Crippen LogP contribution in [-0.4, -0.2) is 12.7 Å². The lowest BCUT2D eigenvalue weighted by molar-refractivity contribution is 0.361. The molecular weight excluding hydrogens is 177 g/mol. The lowest BCUT2D eigenvalue weighted by Gasteiger charge is -2.20. The summed E-state index contributed by atoms with van der Waals surface area (Å²) < 4.78 is 12.8. The fraction of sp³-hybridized carbons (Fsp3) is 0.500. The van der Waals surface area contributed by atoms with Crippen molar-refractivity contribution in [3.8, 4) is 0 Å². The molecule has 1 rings (SSSR count). The van der Waals surface area contributed by atoms with Crippen molar-refractivity contribution >= 4 is 0 Å². The lowest BCUT2D eigenvalue weighted by Crippen LogP contribution is -2.29. The third-order valence-corrected chi connectivity index (χ3v) is 2.25. The van der Waals surface area contributed by atoms with Crippen LogP contribution in [0.15, 0.2) is 24.3 Å². The number of benzene rings is 1. The Labute approximate surface area is 85.3 Å². The van der Waals surface area contributed by atoms with Gasteiger partial charge in [0.1, 0.15) is 6.67 Å². The maximum absolute atomic E-state index is 12.8. The van der Waals surface area contributed by atoms with Gasteiger partial charge in [-0.3, -0.25) is 0 Å². The van der Waals surface area contributed by atoms with Gasteiger partial charge < -0.3 is 5.32 Å². The van der Waals surface area contributed by atoms with Crippen molar-refractivity contribution in [1.29, 1.82) is 0 Å². The molecule has 0 bridgehead atoms. The van der Waals surface area contributed by atoms with Gasteiger partial charge in [-0.05, 0) is 18.1 Å². The van der Waals surface area contributed by atoms with Gasteiger partial charge in [-0.15, -0.1) is 0 Å². The van der Waals surface area contributed by atoms with E-state index >= 15 is 0 Å². The Morgan fingerprint density at radius 1 is 1.29 bits per heavy atom. The van der Waals surface area contributed by atoms with Crippen LogP contribution in [0.1, 0.15) is 31.0 Å². The zero-order valence-corrected chi connectivity index (χ0v) is 9.05. The largest absolute Gasteiger partial charge is 0.306 e. The Bertz CT molecular complexity index is 283. The molecule has 78 valence electrons. The Kier molecular flexibility index (Phi) is 4.08. The van der Waals surface area contributed by atoms with Gasteiger partial charge in [0.05, 0.1) is 6.04 Å². The quantitative estimate of drug-likeness (QED) is 0.778. The Morgan fingerprint density at radius 3 is 2.43 bits per heavy atom. The first-order chi connectivity index (χ1) is 6.65. The number of alkyl halides is 1. The Morgan fingerprint density at radius 2 is 1.93 bits per heavy atom. The van der Waals surface area contributed by atoms with Gasteiger partial charge >= 0.3 is 0 Å². The van der Waals surface area contributed by atoms with Crippen LogP contribution in [0.25, 0.3) is 0 Å². The fourth-order valence-electron chi connectivity index (χ4n) is 1.60. The summed E-state index contributed by atoms with van der Waals surface area (Å²) in [4.78, 5) is 0. The van der Waals surface area contributed by atoms with Gasteiger partial charge in [-0.2, -0.15) is 0 Å². The second-order valence-corrected chi connectivity index (χ2v) is 3.88. The molecule has 14 heavy (non-hydrogen) atoms. The molecule has 2 heteroatoms. The zero-order valence-electron chi connectivity index (χ0n) is 9.05. The van der Waals surface area contributed by atoms with E-state index in [9.17, 15) is 4.39 Å². The molecule has 0 aliphatic rings. The predicted molar refractivity (Wildman–Crippen MR) is 58.2 cm³/mol. The van der Waals surface area contributed by atoms with Crippen LogP contribution in [-0.2, 0) is 0 Å². The molecule has 0 amide bonds. The Hall–Kier alpha value is -0.890. The number of hydrogen-bond donors (Lipinski definition) is 1. The summed E-state index contributed by atoms with van der Waals surface area (Å²) in [6, 6.07) is 8.05. The van der Waals surface area contributed by atoms with E-state index in [1.807, 2.05) is 45.0 Å². The number of rotatable bonds is 4. The monoisotopic (exact) mass is 195 g/mol. The van der Waals surface area contributed by atoms with Crippen molar-refractivity contribution < 1.29 is 4.39 Å². The maximum atomic E-state index is 12.8. The molecule has 0 heterocycles. The topological polar surface area (TPSA) is 12.0 Å². The molecule has 1 N–H and O–H groups in total. The second-order valence-electron chi connectivity index (χ2n) is 3.88. The molecule has 0 aromatic heterocycles. The number of nitrogens with one attached hydrogen (secondary N) is 1. The van der Waals surface area contributed by atoms with Gasteiger partial charge in [0.25, 0.3) is 0 Å². The first-order valence-corrected chi connectivity index (χ1v) is 5.02. The molecule has 0 saturated carbocycles. The average Bonchev–Trinajstić information content (AvgIpc) is 2.15. The van der Waals surface area contributed by atoms with Crippen molar-refractivity contribution in [2.75, 3.05) is 6.67 Å². The summed E-state index contributed by atoms with van der Waals surface area (Å²) in [5.41, 5.74) is 2.20. The van der Waals surface area contributed by atoms with Crippen molar-refractivity contribution in [3.05, 3.63) is 35.4 Å². The summed E-state index contributed by atoms with van der Waals surface area (Å²) in [7, 11) is 0. The van der Waals surface area contributed by atoms with Gasteiger partial charge in [-0.25, -0.2) is 4.39 Å². The molecule has 1 aromatic carbocycles. The van der Waals surface area contributed by atoms with E-state index in [4.69, 9.17) is 0 Å². The van der Waals surface area contributed by atoms with Gasteiger partial charge in [0.2, 0.25) is 0 Å². The van der Waals surface area contributed by atoms with E-state index in [1.54, 1.807) is 0 Å². The van der Waals surface area contributed by atoms with E-state index in [1.165, 1.54) is 0 Å². The summed E-state index contributed by atoms with van der Waals surface area (Å²) in [5.74, 6) is 0. The van der Waals surface area contributed by atoms with Crippen LogP contribution in [0.2, 0.25) is 0 Å². The molecule has 0 aliphatic heterocycles. The standard InChI is InChI=1S/C12H18FN/c1-9(2)14-12(8-13)11-7-5-4-6-10(11)3/h4-7,9,12,14H,8H2,1-3H3. The predicted octanol–water partition coefficient (Wildman–Crippen LogP) is 3.00. The van der Waals surface area contributed by atoms with E-state index in [0.717, 1.165) is 11.1 Å². The summed E-state index contributed by atoms with van der Waals surface area (Å²) >= 11 is 0. The SMILES string of the molecule is Cc1ccccc1C(CF)NC(C)C.